The second-order valence-electron chi connectivity index (χ2n) is 4.61. The number of nitrogens with zero attached hydrogens (tertiary/aromatic N) is 4. The normalized spacial score (nSPS) is 15.6. The SMILES string of the molecule is Nc1ccnc(N2CCN(c3ccccn3)CC2)c1. The van der Waals surface area contributed by atoms with Crippen molar-refractivity contribution >= 4 is 17.3 Å². The first-order chi connectivity index (χ1) is 9.33. The molecule has 2 N–H and O–H groups in total. The van der Waals surface area contributed by atoms with Gasteiger partial charge in [-0.05, 0) is 18.2 Å². The largest absolute Gasteiger partial charge is 0.399 e. The summed E-state index contributed by atoms with van der Waals surface area (Å²) in [4.78, 5) is 13.3. The molecule has 0 amide bonds. The quantitative estimate of drug-likeness (QED) is 0.878. The highest BCUT2D eigenvalue weighted by Gasteiger charge is 2.18. The fourth-order valence-electron chi connectivity index (χ4n) is 2.31. The zero-order chi connectivity index (χ0) is 13.1. The van der Waals surface area contributed by atoms with Crippen LogP contribution in [-0.2, 0) is 0 Å². The summed E-state index contributed by atoms with van der Waals surface area (Å²) in [5, 5.41) is 0. The Morgan fingerprint density at radius 1 is 0.842 bits per heavy atom. The molecule has 98 valence electrons. The number of aromatic nitrogens is 2. The third-order valence-electron chi connectivity index (χ3n) is 3.35. The van der Waals surface area contributed by atoms with Crippen molar-refractivity contribution < 1.29 is 0 Å². The summed E-state index contributed by atoms with van der Waals surface area (Å²) in [6, 6.07) is 9.75. The maximum Gasteiger partial charge on any atom is 0.130 e. The Morgan fingerprint density at radius 3 is 2.16 bits per heavy atom. The predicted molar refractivity (Wildman–Crippen MR) is 77.3 cm³/mol. The molecule has 1 saturated heterocycles. The highest BCUT2D eigenvalue weighted by Crippen LogP contribution is 2.18. The second kappa shape index (κ2) is 5.14. The van der Waals surface area contributed by atoms with Crippen LogP contribution in [0.2, 0.25) is 0 Å². The van der Waals surface area contributed by atoms with E-state index in [1.807, 2.05) is 30.5 Å². The number of hydrogen-bond donors (Lipinski definition) is 1. The molecule has 0 atom stereocenters. The van der Waals surface area contributed by atoms with Crippen molar-refractivity contribution in [1.29, 1.82) is 0 Å². The Bertz CT molecular complexity index is 535. The van der Waals surface area contributed by atoms with Crippen LogP contribution in [0.5, 0.6) is 0 Å². The van der Waals surface area contributed by atoms with E-state index in [4.69, 9.17) is 5.73 Å². The highest BCUT2D eigenvalue weighted by atomic mass is 15.3. The molecule has 0 radical (unpaired) electrons. The molecule has 0 aromatic carbocycles. The van der Waals surface area contributed by atoms with E-state index in [1.165, 1.54) is 0 Å². The topological polar surface area (TPSA) is 58.3 Å². The number of nitrogens with two attached hydrogens (primary N) is 1. The molecule has 2 aromatic rings. The van der Waals surface area contributed by atoms with E-state index in [1.54, 1.807) is 6.20 Å². The van der Waals surface area contributed by atoms with Crippen LogP contribution in [0.4, 0.5) is 17.3 Å². The van der Waals surface area contributed by atoms with Crippen molar-refractivity contribution in [3.05, 3.63) is 42.7 Å². The number of pyridine rings is 2. The standard InChI is InChI=1S/C14H17N5/c15-12-4-6-17-14(11-12)19-9-7-18(8-10-19)13-3-1-2-5-16-13/h1-6,11H,7-10H2,(H2,15,17). The molecule has 19 heavy (non-hydrogen) atoms. The fraction of sp³-hybridized carbons (Fsp3) is 0.286. The molecule has 5 nitrogen and oxygen atoms in total. The van der Waals surface area contributed by atoms with Gasteiger partial charge in [0.1, 0.15) is 11.6 Å². The number of piperazine rings is 1. The Kier molecular flexibility index (Phi) is 3.18. The van der Waals surface area contributed by atoms with Crippen molar-refractivity contribution in [3.63, 3.8) is 0 Å². The zero-order valence-corrected chi connectivity index (χ0v) is 10.7. The third-order valence-corrected chi connectivity index (χ3v) is 3.35. The van der Waals surface area contributed by atoms with Crippen LogP contribution in [0.1, 0.15) is 0 Å². The van der Waals surface area contributed by atoms with Crippen LogP contribution >= 0.6 is 0 Å². The van der Waals surface area contributed by atoms with Gasteiger partial charge in [-0.3, -0.25) is 0 Å². The minimum absolute atomic E-state index is 0.761. The maximum atomic E-state index is 5.80. The second-order valence-corrected chi connectivity index (χ2v) is 4.61. The molecular weight excluding hydrogens is 238 g/mol. The van der Waals surface area contributed by atoms with Gasteiger partial charge >= 0.3 is 0 Å². The van der Waals surface area contributed by atoms with Crippen LogP contribution in [0.15, 0.2) is 42.7 Å². The Morgan fingerprint density at radius 2 is 1.53 bits per heavy atom. The van der Waals surface area contributed by atoms with E-state index in [-0.39, 0.29) is 0 Å². The molecule has 2 aromatic heterocycles. The Labute approximate surface area is 112 Å². The van der Waals surface area contributed by atoms with Crippen molar-refractivity contribution in [2.75, 3.05) is 41.7 Å². The van der Waals surface area contributed by atoms with E-state index >= 15 is 0 Å². The summed E-state index contributed by atoms with van der Waals surface area (Å²) in [6.07, 6.45) is 3.59. The van der Waals surface area contributed by atoms with Gasteiger partial charge in [0.15, 0.2) is 0 Å². The van der Waals surface area contributed by atoms with Crippen molar-refractivity contribution in [2.45, 2.75) is 0 Å². The van der Waals surface area contributed by atoms with Crippen LogP contribution in [0.3, 0.4) is 0 Å². The summed E-state index contributed by atoms with van der Waals surface area (Å²) in [7, 11) is 0. The molecule has 3 heterocycles. The van der Waals surface area contributed by atoms with E-state index in [9.17, 15) is 0 Å². The number of rotatable bonds is 2. The summed E-state index contributed by atoms with van der Waals surface area (Å²) in [5.41, 5.74) is 6.56. The van der Waals surface area contributed by atoms with Crippen molar-refractivity contribution in [1.82, 2.24) is 9.97 Å². The average molecular weight is 255 g/mol. The maximum absolute atomic E-state index is 5.80. The first-order valence-corrected chi connectivity index (χ1v) is 6.45. The molecule has 0 unspecified atom stereocenters. The Balaban J connectivity index is 1.67. The molecule has 1 aliphatic rings. The van der Waals surface area contributed by atoms with Gasteiger partial charge in [0.25, 0.3) is 0 Å². The van der Waals surface area contributed by atoms with Crippen molar-refractivity contribution in [3.8, 4) is 0 Å². The molecule has 0 aliphatic carbocycles. The molecule has 3 rings (SSSR count). The van der Waals surface area contributed by atoms with Gasteiger partial charge in [0.05, 0.1) is 0 Å². The first-order valence-electron chi connectivity index (χ1n) is 6.45. The van der Waals surface area contributed by atoms with E-state index < -0.39 is 0 Å². The molecule has 5 heteroatoms. The summed E-state index contributed by atoms with van der Waals surface area (Å²) < 4.78 is 0. The predicted octanol–water partition coefficient (Wildman–Crippen LogP) is 1.39. The van der Waals surface area contributed by atoms with Crippen molar-refractivity contribution in [2.24, 2.45) is 0 Å². The number of hydrogen-bond acceptors (Lipinski definition) is 5. The van der Waals surface area contributed by atoms with Gasteiger partial charge in [0, 0.05) is 50.3 Å². The first kappa shape index (κ1) is 11.8. The lowest BCUT2D eigenvalue weighted by Crippen LogP contribution is -2.47. The molecule has 0 bridgehead atoms. The van der Waals surface area contributed by atoms with Crippen LogP contribution in [0.25, 0.3) is 0 Å². The fourth-order valence-corrected chi connectivity index (χ4v) is 2.31. The lowest BCUT2D eigenvalue weighted by molar-refractivity contribution is 0.642. The minimum atomic E-state index is 0.761. The Hall–Kier alpha value is -2.30. The van der Waals surface area contributed by atoms with Crippen LogP contribution in [0, 0.1) is 0 Å². The minimum Gasteiger partial charge on any atom is -0.399 e. The molecular formula is C14H17N5. The summed E-state index contributed by atoms with van der Waals surface area (Å²) >= 11 is 0. The van der Waals surface area contributed by atoms with E-state index in [2.05, 4.69) is 25.8 Å². The molecule has 0 spiro atoms. The lowest BCUT2D eigenvalue weighted by atomic mass is 10.3. The average Bonchev–Trinajstić information content (AvgIpc) is 2.48. The van der Waals surface area contributed by atoms with Gasteiger partial charge in [-0.15, -0.1) is 0 Å². The molecule has 0 saturated carbocycles. The third kappa shape index (κ3) is 2.59. The summed E-state index contributed by atoms with van der Waals surface area (Å²) in [6.45, 7) is 3.78. The number of anilines is 3. The molecule has 1 fully saturated rings. The van der Waals surface area contributed by atoms with E-state index in [0.717, 1.165) is 43.5 Å². The molecule has 1 aliphatic heterocycles. The van der Waals surface area contributed by atoms with Gasteiger partial charge in [0.2, 0.25) is 0 Å². The highest BCUT2D eigenvalue weighted by molar-refractivity contribution is 5.51. The summed E-state index contributed by atoms with van der Waals surface area (Å²) in [5.74, 6) is 2.00. The monoisotopic (exact) mass is 255 g/mol. The van der Waals surface area contributed by atoms with Gasteiger partial charge in [-0.2, -0.15) is 0 Å². The number of nitrogen functional groups attached to an aromatic ring is 1. The van der Waals surface area contributed by atoms with Crippen LogP contribution < -0.4 is 15.5 Å². The van der Waals surface area contributed by atoms with Crippen LogP contribution in [-0.4, -0.2) is 36.1 Å². The van der Waals surface area contributed by atoms with Gasteiger partial charge < -0.3 is 15.5 Å². The van der Waals surface area contributed by atoms with Gasteiger partial charge in [-0.25, -0.2) is 9.97 Å². The lowest BCUT2D eigenvalue weighted by Gasteiger charge is -2.36. The van der Waals surface area contributed by atoms with Gasteiger partial charge in [-0.1, -0.05) is 6.07 Å². The van der Waals surface area contributed by atoms with E-state index in [0.29, 0.717) is 0 Å². The zero-order valence-electron chi connectivity index (χ0n) is 10.7. The smallest absolute Gasteiger partial charge is 0.130 e.